The number of hydrogen-bond donors (Lipinski definition) is 1. The zero-order chi connectivity index (χ0) is 27.4. The average Bonchev–Trinajstić information content (AvgIpc) is 3.27. The first-order chi connectivity index (χ1) is 17.0. The first kappa shape index (κ1) is 29.5. The van der Waals surface area contributed by atoms with Crippen molar-refractivity contribution in [3.63, 3.8) is 0 Å². The lowest BCUT2D eigenvalue weighted by Crippen LogP contribution is -2.46. The van der Waals surface area contributed by atoms with Gasteiger partial charge in [-0.1, -0.05) is 44.3 Å². The summed E-state index contributed by atoms with van der Waals surface area (Å²) >= 11 is 7.67. The summed E-state index contributed by atoms with van der Waals surface area (Å²) in [4.78, 5) is 26.4. The molecule has 1 aromatic rings. The van der Waals surface area contributed by atoms with Crippen LogP contribution in [0.4, 0.5) is 0 Å². The molecule has 1 saturated carbocycles. The Morgan fingerprint density at radius 1 is 1.38 bits per heavy atom. The number of aromatic amines is 1. The highest BCUT2D eigenvalue weighted by molar-refractivity contribution is 8.68. The van der Waals surface area contributed by atoms with E-state index < -0.39 is 37.6 Å². The molecule has 0 spiro atoms. The highest BCUT2D eigenvalue weighted by Gasteiger charge is 2.54. The van der Waals surface area contributed by atoms with Crippen LogP contribution in [0.5, 0.6) is 0 Å². The van der Waals surface area contributed by atoms with Gasteiger partial charge in [-0.3, -0.25) is 14.3 Å². The first-order valence-electron chi connectivity index (χ1n) is 13.0. The summed E-state index contributed by atoms with van der Waals surface area (Å²) in [5.41, 5.74) is -2.33. The standard InChI is InChI=1S/C25H41N2O6PS2Si/c1-16(2)17-9-11-25(6)20(13-17)32-34(35,36-25)30-15-19-18(33-37(7,8)24(3,4)5)14-22(31-19)27-12-10-21(28)26-23(27)29/h10,12,17-20,22H,1,9,11,13-15H2,2-8H3,(H,26,28,29)/t17-,18?,19-,20+,22-,25+,34+/m1/s1. The normalized spacial score (nSPS) is 36.5. The quantitative estimate of drug-likeness (QED) is 0.246. The number of fused-ring (bicyclic) bond motifs is 1. The molecule has 4 rings (SSSR count). The van der Waals surface area contributed by atoms with E-state index in [9.17, 15) is 9.59 Å². The van der Waals surface area contributed by atoms with E-state index in [-0.39, 0.29) is 28.6 Å². The molecule has 3 fully saturated rings. The van der Waals surface area contributed by atoms with Crippen molar-refractivity contribution >= 4 is 37.2 Å². The Bertz CT molecular complexity index is 1200. The van der Waals surface area contributed by atoms with Crippen molar-refractivity contribution in [3.05, 3.63) is 45.3 Å². The lowest BCUT2D eigenvalue weighted by atomic mass is 9.77. The minimum absolute atomic E-state index is 0.00603. The minimum atomic E-state index is -2.59. The van der Waals surface area contributed by atoms with Gasteiger partial charge in [0.1, 0.15) is 12.3 Å². The van der Waals surface area contributed by atoms with Crippen molar-refractivity contribution in [1.29, 1.82) is 0 Å². The first-order valence-corrected chi connectivity index (χ1v) is 19.9. The van der Waals surface area contributed by atoms with Crippen LogP contribution in [0.2, 0.25) is 18.1 Å². The van der Waals surface area contributed by atoms with Crippen molar-refractivity contribution in [2.24, 2.45) is 5.92 Å². The van der Waals surface area contributed by atoms with Crippen molar-refractivity contribution in [2.45, 2.75) is 108 Å². The molecule has 1 aromatic heterocycles. The molecular weight excluding hydrogens is 547 g/mol. The van der Waals surface area contributed by atoms with Crippen LogP contribution < -0.4 is 11.2 Å². The van der Waals surface area contributed by atoms with Crippen molar-refractivity contribution in [2.75, 3.05) is 6.61 Å². The van der Waals surface area contributed by atoms with Gasteiger partial charge in [-0.25, -0.2) is 4.79 Å². The van der Waals surface area contributed by atoms with Gasteiger partial charge in [0.15, 0.2) is 8.32 Å². The van der Waals surface area contributed by atoms with Crippen molar-refractivity contribution in [1.82, 2.24) is 9.55 Å². The number of H-pyrrole nitrogens is 1. The SMILES string of the molecule is C=C(C)[C@@H]1CC[C@]2(C)S[P@@](=S)(OC[C@H]3O[C@@H](n4ccc(=O)[nH]c4=O)CC3O[Si](C)(C)C(C)(C)C)O[C@H]2C1. The minimum Gasteiger partial charge on any atom is -0.411 e. The van der Waals surface area contributed by atoms with Gasteiger partial charge in [-0.15, -0.1) is 0 Å². The summed E-state index contributed by atoms with van der Waals surface area (Å²) in [6.07, 6.45) is 3.78. The maximum absolute atomic E-state index is 12.5. The van der Waals surface area contributed by atoms with Gasteiger partial charge in [-0.05, 0) is 69.0 Å². The van der Waals surface area contributed by atoms with Gasteiger partial charge >= 0.3 is 5.69 Å². The van der Waals surface area contributed by atoms with Crippen molar-refractivity contribution < 1.29 is 18.2 Å². The third-order valence-electron chi connectivity index (χ3n) is 8.43. The Morgan fingerprint density at radius 3 is 2.70 bits per heavy atom. The van der Waals surface area contributed by atoms with Crippen LogP contribution in [0.3, 0.4) is 0 Å². The number of aromatic nitrogens is 2. The monoisotopic (exact) mass is 588 g/mol. The highest BCUT2D eigenvalue weighted by atomic mass is 32.9. The Balaban J connectivity index is 1.51. The molecule has 3 heterocycles. The number of rotatable bonds is 7. The Kier molecular flexibility index (Phi) is 8.33. The number of hydrogen-bond acceptors (Lipinski definition) is 8. The Morgan fingerprint density at radius 2 is 2.08 bits per heavy atom. The fourth-order valence-electron chi connectivity index (χ4n) is 4.96. The average molecular weight is 589 g/mol. The van der Waals surface area contributed by atoms with Crippen LogP contribution in [-0.2, 0) is 30.0 Å². The molecule has 7 atom stereocenters. The number of allylic oxidation sites excluding steroid dienone is 1. The molecule has 0 radical (unpaired) electrons. The summed E-state index contributed by atoms with van der Waals surface area (Å²) in [7, 11) is -2.14. The molecule has 37 heavy (non-hydrogen) atoms. The smallest absolute Gasteiger partial charge is 0.330 e. The largest absolute Gasteiger partial charge is 0.411 e. The zero-order valence-corrected chi connectivity index (χ0v) is 26.5. The predicted octanol–water partition coefficient (Wildman–Crippen LogP) is 5.72. The highest BCUT2D eigenvalue weighted by Crippen LogP contribution is 2.75. The van der Waals surface area contributed by atoms with E-state index in [4.69, 9.17) is 30.0 Å². The van der Waals surface area contributed by atoms with Crippen LogP contribution in [0, 0.1) is 5.92 Å². The lowest BCUT2D eigenvalue weighted by molar-refractivity contribution is -0.0395. The van der Waals surface area contributed by atoms with Gasteiger partial charge in [0.25, 0.3) is 5.56 Å². The summed E-state index contributed by atoms with van der Waals surface area (Å²) in [6, 6.07) is 1.33. The van der Waals surface area contributed by atoms with Crippen LogP contribution in [0.25, 0.3) is 0 Å². The fourth-order valence-corrected chi connectivity index (χ4v) is 13.5. The molecule has 1 N–H and O–H groups in total. The topological polar surface area (TPSA) is 91.8 Å². The third kappa shape index (κ3) is 6.29. The molecule has 12 heteroatoms. The number of ether oxygens (including phenoxy) is 1. The van der Waals surface area contributed by atoms with Gasteiger partial charge in [0, 0.05) is 23.4 Å². The maximum atomic E-state index is 12.5. The van der Waals surface area contributed by atoms with E-state index in [1.165, 1.54) is 22.4 Å². The molecule has 1 aliphatic carbocycles. The van der Waals surface area contributed by atoms with Gasteiger partial charge in [-0.2, -0.15) is 0 Å². The van der Waals surface area contributed by atoms with Gasteiger partial charge in [0.05, 0.1) is 18.8 Å². The molecule has 2 aliphatic heterocycles. The summed E-state index contributed by atoms with van der Waals surface area (Å²) in [6.45, 7) is 19.7. The molecule has 3 aliphatic rings. The maximum Gasteiger partial charge on any atom is 0.330 e. The molecule has 0 bridgehead atoms. The summed E-state index contributed by atoms with van der Waals surface area (Å²) < 4.78 is 27.3. The van der Waals surface area contributed by atoms with Crippen LogP contribution in [0.15, 0.2) is 34.0 Å². The summed E-state index contributed by atoms with van der Waals surface area (Å²) in [5, 5.41) is 0.00603. The van der Waals surface area contributed by atoms with Gasteiger partial charge in [0.2, 0.25) is 5.69 Å². The van der Waals surface area contributed by atoms with E-state index in [1.807, 2.05) is 0 Å². The second-order valence-corrected chi connectivity index (χ2v) is 23.7. The number of nitrogens with one attached hydrogen (secondary N) is 1. The molecule has 208 valence electrons. The number of nitrogens with zero attached hydrogens (tertiary/aromatic N) is 1. The van der Waals surface area contributed by atoms with Crippen LogP contribution in [0.1, 0.15) is 66.5 Å². The van der Waals surface area contributed by atoms with Crippen LogP contribution in [-0.4, -0.2) is 47.5 Å². The van der Waals surface area contributed by atoms with Crippen molar-refractivity contribution in [3.8, 4) is 0 Å². The predicted molar refractivity (Wildman–Crippen MR) is 155 cm³/mol. The lowest BCUT2D eigenvalue weighted by Gasteiger charge is -2.39. The Hall–Kier alpha value is -0.523. The van der Waals surface area contributed by atoms with E-state index in [2.05, 4.69) is 59.3 Å². The summed E-state index contributed by atoms with van der Waals surface area (Å²) in [5.74, 6) is 0.456. The molecule has 2 saturated heterocycles. The van der Waals surface area contributed by atoms with E-state index in [0.717, 1.165) is 19.3 Å². The molecule has 0 aromatic carbocycles. The Labute approximate surface area is 229 Å². The molecular formula is C25H41N2O6PS2Si. The van der Waals surface area contributed by atoms with E-state index in [1.54, 1.807) is 11.4 Å². The fraction of sp³-hybridized carbons (Fsp3) is 0.760. The van der Waals surface area contributed by atoms with Crippen LogP contribution >= 0.6 is 17.1 Å². The van der Waals surface area contributed by atoms with E-state index in [0.29, 0.717) is 12.3 Å². The second-order valence-electron chi connectivity index (χ2n) is 12.4. The molecule has 0 amide bonds. The van der Waals surface area contributed by atoms with E-state index >= 15 is 0 Å². The van der Waals surface area contributed by atoms with Gasteiger partial charge < -0.3 is 18.2 Å². The molecule has 8 nitrogen and oxygen atoms in total. The third-order valence-corrected chi connectivity index (χ3v) is 18.8. The molecule has 1 unspecified atom stereocenters. The second kappa shape index (κ2) is 10.5. The zero-order valence-electron chi connectivity index (χ0n) is 22.9.